The van der Waals surface area contributed by atoms with Crippen molar-refractivity contribution in [2.75, 3.05) is 7.05 Å². The van der Waals surface area contributed by atoms with E-state index in [4.69, 9.17) is 10.2 Å². The Hall–Kier alpha value is -3.83. The third-order valence-electron chi connectivity index (χ3n) is 3.93. The summed E-state index contributed by atoms with van der Waals surface area (Å²) in [6.45, 7) is 0.469. The molecule has 0 radical (unpaired) electrons. The quantitative estimate of drug-likeness (QED) is 0.456. The highest BCUT2D eigenvalue weighted by molar-refractivity contribution is 7.90. The molecule has 3 N–H and O–H groups in total. The molecule has 11 heteroatoms. The fourth-order valence-corrected chi connectivity index (χ4v) is 3.97. The summed E-state index contributed by atoms with van der Waals surface area (Å²) in [5.74, 6) is -2.99. The van der Waals surface area contributed by atoms with Crippen LogP contribution in [0.2, 0.25) is 0 Å². The van der Waals surface area contributed by atoms with Crippen LogP contribution in [0.25, 0.3) is 11.3 Å². The number of hydrogen-bond donors (Lipinski definition) is 3. The van der Waals surface area contributed by atoms with Gasteiger partial charge in [-0.3, -0.25) is 4.98 Å². The highest BCUT2D eigenvalue weighted by atomic mass is 32.2. The van der Waals surface area contributed by atoms with Gasteiger partial charge in [0, 0.05) is 42.9 Å². The second kappa shape index (κ2) is 11.0. The predicted molar refractivity (Wildman–Crippen MR) is 114 cm³/mol. The fourth-order valence-electron chi connectivity index (χ4n) is 2.62. The molecule has 0 fully saturated rings. The Labute approximate surface area is 183 Å². The van der Waals surface area contributed by atoms with Crippen molar-refractivity contribution in [3.8, 4) is 11.3 Å². The van der Waals surface area contributed by atoms with E-state index in [0.29, 0.717) is 18.7 Å². The zero-order valence-corrected chi connectivity index (χ0v) is 17.7. The summed E-state index contributed by atoms with van der Waals surface area (Å²) in [4.78, 5) is 23.0. The molecular weight excluding hydrogens is 441 g/mol. The predicted octanol–water partition coefficient (Wildman–Crippen LogP) is 2.36. The smallest absolute Gasteiger partial charge is 0.328 e. The maximum atomic E-state index is 14.2. The standard InChI is InChI=1S/C17H16FN3O2S.C4H4O4/c1-19-10-13-9-17(15-6-2-3-7-16(15)18)21(12-13)24(22,23)14-5-4-8-20-11-14;5-3(6)1-2-4(7)8/h2-9,11-12,19H,10H2,1H3;1-2H,(H,5,6)(H,7,8)/b;2-1+. The fraction of sp³-hybridized carbons (Fsp3) is 0.0952. The van der Waals surface area contributed by atoms with Crippen molar-refractivity contribution in [3.63, 3.8) is 0 Å². The molecule has 0 spiro atoms. The molecule has 32 heavy (non-hydrogen) atoms. The first-order valence-electron chi connectivity index (χ1n) is 9.07. The van der Waals surface area contributed by atoms with Gasteiger partial charge in [-0.15, -0.1) is 0 Å². The zero-order valence-electron chi connectivity index (χ0n) is 16.8. The van der Waals surface area contributed by atoms with Gasteiger partial charge in [-0.25, -0.2) is 26.4 Å². The number of carboxylic acids is 2. The molecule has 0 atom stereocenters. The Morgan fingerprint density at radius 1 is 1.12 bits per heavy atom. The largest absolute Gasteiger partial charge is 0.478 e. The number of hydrogen-bond acceptors (Lipinski definition) is 6. The third-order valence-corrected chi connectivity index (χ3v) is 5.59. The Morgan fingerprint density at radius 2 is 1.78 bits per heavy atom. The molecule has 0 unspecified atom stereocenters. The van der Waals surface area contributed by atoms with E-state index < -0.39 is 27.8 Å². The molecule has 2 heterocycles. The first-order chi connectivity index (χ1) is 15.2. The first kappa shape index (κ1) is 24.4. The van der Waals surface area contributed by atoms with Crippen molar-refractivity contribution in [3.05, 3.63) is 84.6 Å². The van der Waals surface area contributed by atoms with Crippen molar-refractivity contribution in [2.24, 2.45) is 0 Å². The number of carbonyl (C=O) groups is 2. The Kier molecular flexibility index (Phi) is 8.38. The van der Waals surface area contributed by atoms with E-state index in [-0.39, 0.29) is 16.2 Å². The molecule has 3 rings (SSSR count). The van der Waals surface area contributed by atoms with Crippen molar-refractivity contribution >= 4 is 22.0 Å². The molecule has 0 saturated carbocycles. The van der Waals surface area contributed by atoms with Gasteiger partial charge >= 0.3 is 11.9 Å². The van der Waals surface area contributed by atoms with Gasteiger partial charge in [-0.2, -0.15) is 0 Å². The van der Waals surface area contributed by atoms with Crippen LogP contribution < -0.4 is 5.32 Å². The Bertz CT molecular complexity index is 1210. The maximum absolute atomic E-state index is 14.2. The lowest BCUT2D eigenvalue weighted by Crippen LogP contribution is -2.14. The zero-order chi connectivity index (χ0) is 23.7. The average Bonchev–Trinajstić information content (AvgIpc) is 3.18. The molecule has 0 aliphatic heterocycles. The SMILES string of the molecule is CNCc1cc(-c2ccccc2F)n(S(=O)(=O)c2cccnc2)c1.O=C(O)/C=C/C(=O)O. The number of carboxylic acid groups (broad SMARTS) is 2. The molecule has 0 aliphatic carbocycles. The van der Waals surface area contributed by atoms with Crippen LogP contribution in [0.5, 0.6) is 0 Å². The van der Waals surface area contributed by atoms with E-state index in [2.05, 4.69) is 10.3 Å². The number of rotatable bonds is 7. The number of nitrogens with one attached hydrogen (secondary N) is 1. The molecule has 3 aromatic rings. The van der Waals surface area contributed by atoms with E-state index in [1.165, 1.54) is 30.7 Å². The van der Waals surface area contributed by atoms with Crippen LogP contribution in [0.15, 0.2) is 78.1 Å². The van der Waals surface area contributed by atoms with Crippen LogP contribution in [0, 0.1) is 5.82 Å². The lowest BCUT2D eigenvalue weighted by molar-refractivity contribution is -0.134. The number of pyridine rings is 1. The molecule has 0 bridgehead atoms. The van der Waals surface area contributed by atoms with Crippen LogP contribution in [0.4, 0.5) is 4.39 Å². The number of aromatic nitrogens is 2. The van der Waals surface area contributed by atoms with Gasteiger partial charge in [0.2, 0.25) is 0 Å². The highest BCUT2D eigenvalue weighted by Crippen LogP contribution is 2.28. The van der Waals surface area contributed by atoms with Gasteiger partial charge < -0.3 is 15.5 Å². The van der Waals surface area contributed by atoms with Crippen molar-refractivity contribution in [2.45, 2.75) is 11.4 Å². The summed E-state index contributed by atoms with van der Waals surface area (Å²) < 4.78 is 41.2. The summed E-state index contributed by atoms with van der Waals surface area (Å²) in [6, 6.07) is 10.8. The molecule has 168 valence electrons. The lowest BCUT2D eigenvalue weighted by Gasteiger charge is -2.10. The number of benzene rings is 1. The van der Waals surface area contributed by atoms with Gasteiger partial charge in [0.15, 0.2) is 0 Å². The van der Waals surface area contributed by atoms with Gasteiger partial charge in [-0.1, -0.05) is 12.1 Å². The van der Waals surface area contributed by atoms with Crippen molar-refractivity contribution < 1.29 is 32.6 Å². The molecule has 0 aliphatic rings. The van der Waals surface area contributed by atoms with Crippen LogP contribution in [-0.2, 0) is 26.2 Å². The van der Waals surface area contributed by atoms with Crippen LogP contribution in [0.3, 0.4) is 0 Å². The molecule has 9 nitrogen and oxygen atoms in total. The summed E-state index contributed by atoms with van der Waals surface area (Å²) in [6.07, 6.45) is 5.39. The van der Waals surface area contributed by atoms with E-state index in [1.54, 1.807) is 37.4 Å². The van der Waals surface area contributed by atoms with E-state index >= 15 is 0 Å². The summed E-state index contributed by atoms with van der Waals surface area (Å²) in [5, 5.41) is 18.6. The first-order valence-corrected chi connectivity index (χ1v) is 10.5. The number of aliphatic carboxylic acids is 2. The van der Waals surface area contributed by atoms with Gasteiger partial charge in [-0.05, 0) is 42.9 Å². The van der Waals surface area contributed by atoms with E-state index in [1.807, 2.05) is 0 Å². The Morgan fingerprint density at radius 3 is 2.31 bits per heavy atom. The maximum Gasteiger partial charge on any atom is 0.328 e. The molecular formula is C21H20FN3O6S. The van der Waals surface area contributed by atoms with E-state index in [0.717, 1.165) is 9.54 Å². The second-order valence-electron chi connectivity index (χ2n) is 6.24. The molecule has 2 aromatic heterocycles. The minimum Gasteiger partial charge on any atom is -0.478 e. The topological polar surface area (TPSA) is 139 Å². The third kappa shape index (κ3) is 6.33. The normalized spacial score (nSPS) is 11.1. The van der Waals surface area contributed by atoms with Gasteiger partial charge in [0.05, 0.1) is 5.69 Å². The summed E-state index contributed by atoms with van der Waals surface area (Å²) in [5.41, 5.74) is 1.25. The summed E-state index contributed by atoms with van der Waals surface area (Å²) in [7, 11) is -2.11. The molecule has 0 amide bonds. The highest BCUT2D eigenvalue weighted by Gasteiger charge is 2.23. The van der Waals surface area contributed by atoms with Gasteiger partial charge in [0.25, 0.3) is 10.0 Å². The number of halogens is 1. The van der Waals surface area contributed by atoms with Gasteiger partial charge in [0.1, 0.15) is 10.7 Å². The number of nitrogens with zero attached hydrogens (tertiary/aromatic N) is 2. The molecule has 1 aromatic carbocycles. The second-order valence-corrected chi connectivity index (χ2v) is 8.06. The lowest BCUT2D eigenvalue weighted by atomic mass is 10.1. The molecule has 0 saturated heterocycles. The Balaban J connectivity index is 0.000000390. The van der Waals surface area contributed by atoms with Crippen molar-refractivity contribution in [1.29, 1.82) is 0 Å². The minimum atomic E-state index is -3.87. The van der Waals surface area contributed by atoms with Crippen LogP contribution >= 0.6 is 0 Å². The van der Waals surface area contributed by atoms with Crippen LogP contribution in [-0.4, -0.2) is 46.6 Å². The van der Waals surface area contributed by atoms with E-state index in [9.17, 15) is 22.4 Å². The van der Waals surface area contributed by atoms with Crippen LogP contribution in [0.1, 0.15) is 5.56 Å². The monoisotopic (exact) mass is 461 g/mol. The van der Waals surface area contributed by atoms with Crippen molar-refractivity contribution in [1.82, 2.24) is 14.3 Å². The summed E-state index contributed by atoms with van der Waals surface area (Å²) >= 11 is 0. The minimum absolute atomic E-state index is 0.0502. The average molecular weight is 461 g/mol.